The van der Waals surface area contributed by atoms with Crippen LogP contribution in [0.2, 0.25) is 0 Å². The van der Waals surface area contributed by atoms with E-state index in [9.17, 15) is 0 Å². The van der Waals surface area contributed by atoms with Crippen LogP contribution in [0, 0.1) is 13.8 Å². The molecule has 4 heterocycles. The van der Waals surface area contributed by atoms with Gasteiger partial charge in [0, 0.05) is 43.8 Å². The number of benzene rings is 8. The van der Waals surface area contributed by atoms with E-state index in [2.05, 4.69) is 188 Å². The summed E-state index contributed by atoms with van der Waals surface area (Å²) >= 11 is 0. The van der Waals surface area contributed by atoms with Crippen LogP contribution in [0.25, 0.3) is 128 Å². The number of fused-ring (bicyclic) bond motifs is 9. The average molecular weight is 836 g/mol. The Kier molecular flexibility index (Phi) is 8.40. The summed E-state index contributed by atoms with van der Waals surface area (Å²) in [5, 5.41) is 6.33. The number of nitrogens with zero attached hydrogens (tertiary/aromatic N) is 3. The monoisotopic (exact) mass is 835 g/mol. The minimum absolute atomic E-state index is 0.542. The van der Waals surface area contributed by atoms with Crippen LogP contribution in [0.1, 0.15) is 24.0 Å². The van der Waals surface area contributed by atoms with Crippen LogP contribution in [-0.2, 0) is 0 Å². The Hall–Kier alpha value is -8.28. The summed E-state index contributed by atoms with van der Waals surface area (Å²) in [7, 11) is 0. The van der Waals surface area contributed by atoms with Crippen molar-refractivity contribution in [3.05, 3.63) is 199 Å². The largest absolute Gasteiger partial charge is 0.456 e. The predicted octanol–water partition coefficient (Wildman–Crippen LogP) is 16.5. The minimum Gasteiger partial charge on any atom is -0.456 e. The molecular formula is C60H41N3O2. The van der Waals surface area contributed by atoms with E-state index >= 15 is 0 Å². The lowest BCUT2D eigenvalue weighted by atomic mass is 9.89. The molecule has 0 N–H and O–H groups in total. The van der Waals surface area contributed by atoms with Crippen molar-refractivity contribution in [2.75, 3.05) is 0 Å². The summed E-state index contributed by atoms with van der Waals surface area (Å²) in [6.07, 6.45) is 8.74. The highest BCUT2D eigenvalue weighted by atomic mass is 16.3. The zero-order valence-corrected chi connectivity index (χ0v) is 36.0. The molecule has 5 nitrogen and oxygen atoms in total. The van der Waals surface area contributed by atoms with Gasteiger partial charge in [0.15, 0.2) is 5.82 Å². The Morgan fingerprint density at radius 3 is 2.08 bits per heavy atom. The first kappa shape index (κ1) is 37.3. The van der Waals surface area contributed by atoms with Crippen molar-refractivity contribution in [3.63, 3.8) is 0 Å². The number of aryl methyl sites for hydroxylation is 2. The molecule has 308 valence electrons. The lowest BCUT2D eigenvalue weighted by Crippen LogP contribution is -1.98. The van der Waals surface area contributed by atoms with Crippen LogP contribution in [0.4, 0.5) is 0 Å². The van der Waals surface area contributed by atoms with Crippen LogP contribution in [0.15, 0.2) is 197 Å². The quantitative estimate of drug-likeness (QED) is 0.167. The Morgan fingerprint density at radius 2 is 1.20 bits per heavy atom. The molecule has 0 saturated carbocycles. The van der Waals surface area contributed by atoms with Crippen molar-refractivity contribution < 1.29 is 8.83 Å². The summed E-state index contributed by atoms with van der Waals surface area (Å²) in [6, 6.07) is 60.3. The van der Waals surface area contributed by atoms with Gasteiger partial charge in [-0.05, 0) is 126 Å². The Bertz CT molecular complexity index is 3970. The predicted molar refractivity (Wildman–Crippen MR) is 269 cm³/mol. The van der Waals surface area contributed by atoms with Gasteiger partial charge in [-0.15, -0.1) is 0 Å². The molecule has 0 atom stereocenters. The highest BCUT2D eigenvalue weighted by Crippen LogP contribution is 2.45. The fraction of sp³-hybridized carbons (Fsp3) is 0.0667. The molecule has 0 fully saturated rings. The smallest absolute Gasteiger partial charge is 0.231 e. The van der Waals surface area contributed by atoms with Crippen molar-refractivity contribution in [3.8, 4) is 56.0 Å². The molecule has 8 aromatic carbocycles. The maximum atomic E-state index is 6.82. The zero-order valence-electron chi connectivity index (χ0n) is 36.0. The second-order valence-electron chi connectivity index (χ2n) is 17.3. The Morgan fingerprint density at radius 1 is 0.477 bits per heavy atom. The van der Waals surface area contributed by atoms with Crippen molar-refractivity contribution in [1.82, 2.24) is 14.5 Å². The van der Waals surface area contributed by atoms with E-state index in [-0.39, 0.29) is 0 Å². The van der Waals surface area contributed by atoms with Crippen molar-refractivity contribution in [2.45, 2.75) is 26.7 Å². The van der Waals surface area contributed by atoms with Gasteiger partial charge in [0.05, 0.1) is 22.1 Å². The summed E-state index contributed by atoms with van der Waals surface area (Å²) in [5.41, 5.74) is 18.6. The van der Waals surface area contributed by atoms with Gasteiger partial charge < -0.3 is 13.4 Å². The van der Waals surface area contributed by atoms with Crippen molar-refractivity contribution in [2.24, 2.45) is 0 Å². The first-order valence-corrected chi connectivity index (χ1v) is 22.4. The fourth-order valence-corrected chi connectivity index (χ4v) is 10.3. The van der Waals surface area contributed by atoms with Gasteiger partial charge in [0.25, 0.3) is 0 Å². The molecule has 65 heavy (non-hydrogen) atoms. The van der Waals surface area contributed by atoms with Crippen LogP contribution in [0.3, 0.4) is 0 Å². The molecule has 0 spiro atoms. The van der Waals surface area contributed by atoms with Crippen LogP contribution >= 0.6 is 0 Å². The van der Waals surface area contributed by atoms with E-state index in [1.807, 2.05) is 18.2 Å². The molecule has 1 aliphatic rings. The summed E-state index contributed by atoms with van der Waals surface area (Å²) in [6.45, 7) is 4.36. The second-order valence-corrected chi connectivity index (χ2v) is 17.3. The van der Waals surface area contributed by atoms with Gasteiger partial charge in [0.1, 0.15) is 16.7 Å². The number of furan rings is 2. The molecule has 0 bridgehead atoms. The molecule has 0 radical (unpaired) electrons. The summed E-state index contributed by atoms with van der Waals surface area (Å²) in [4.78, 5) is 10.9. The van der Waals surface area contributed by atoms with Gasteiger partial charge in [-0.25, -0.2) is 4.98 Å². The van der Waals surface area contributed by atoms with Gasteiger partial charge in [-0.3, -0.25) is 0 Å². The average Bonchev–Trinajstić information content (AvgIpc) is 4.03. The molecule has 0 saturated heterocycles. The third kappa shape index (κ3) is 5.93. The van der Waals surface area contributed by atoms with Gasteiger partial charge in [-0.2, -0.15) is 4.98 Å². The maximum absolute atomic E-state index is 6.82. The highest BCUT2D eigenvalue weighted by molar-refractivity contribution is 6.16. The van der Waals surface area contributed by atoms with Crippen molar-refractivity contribution >= 4 is 71.5 Å². The van der Waals surface area contributed by atoms with Crippen LogP contribution < -0.4 is 0 Å². The second kappa shape index (κ2) is 14.6. The fourth-order valence-electron chi connectivity index (χ4n) is 10.3. The summed E-state index contributed by atoms with van der Waals surface area (Å²) in [5.74, 6) is 0.576. The normalized spacial score (nSPS) is 13.0. The molecule has 5 heteroatoms. The summed E-state index contributed by atoms with van der Waals surface area (Å²) < 4.78 is 15.9. The number of para-hydroxylation sites is 1. The van der Waals surface area contributed by atoms with Gasteiger partial charge in [0.2, 0.25) is 5.71 Å². The first-order valence-electron chi connectivity index (χ1n) is 22.4. The number of hydrogen-bond donors (Lipinski definition) is 0. The van der Waals surface area contributed by atoms with E-state index in [4.69, 9.17) is 18.8 Å². The number of rotatable bonds is 6. The van der Waals surface area contributed by atoms with E-state index in [1.54, 1.807) is 0 Å². The SMILES string of the molecule is Cc1ccccc1-c1c(C)cccc1-c1nc(-c2cccc3oc4ccc(-c5ccc6c(c5)c5ccccc5n6C5=CC=CCC5)cc4c23)nc2oc3cc(-c4ccccc4)ccc3c12. The van der Waals surface area contributed by atoms with E-state index in [0.29, 0.717) is 11.5 Å². The lowest BCUT2D eigenvalue weighted by Gasteiger charge is -2.16. The lowest BCUT2D eigenvalue weighted by molar-refractivity contribution is 0.653. The molecule has 0 aliphatic heterocycles. The van der Waals surface area contributed by atoms with E-state index < -0.39 is 0 Å². The maximum Gasteiger partial charge on any atom is 0.231 e. The topological polar surface area (TPSA) is 57.0 Å². The van der Waals surface area contributed by atoms with Gasteiger partial charge >= 0.3 is 0 Å². The molecule has 0 unspecified atom stereocenters. The molecule has 4 aromatic heterocycles. The minimum atomic E-state index is 0.542. The molecule has 12 aromatic rings. The first-order chi connectivity index (χ1) is 32.1. The van der Waals surface area contributed by atoms with E-state index in [1.165, 1.54) is 44.2 Å². The molecule has 13 rings (SSSR count). The molecule has 1 aliphatic carbocycles. The zero-order chi connectivity index (χ0) is 43.2. The Labute approximate surface area is 375 Å². The molecular weight excluding hydrogens is 795 g/mol. The standard InChI is InChI=1S/C60H41N3O2/c1-36-15-9-10-21-43(36)55-37(2)16-13-23-46(55)58-57-45-30-27-41(38-17-5-3-6-18-38)35-54(45)65-60(57)62-59(61-58)47-24-14-26-53-56(47)49-34-40(29-32-52(49)64-53)39-28-31-51-48(33-39)44-22-11-12-25-50(44)63(51)42-19-7-4-8-20-42/h3-7,9-19,21-35H,8,20H2,1-2H3. The van der Waals surface area contributed by atoms with Gasteiger partial charge in [-0.1, -0.05) is 133 Å². The van der Waals surface area contributed by atoms with Crippen LogP contribution in [0.5, 0.6) is 0 Å². The number of aromatic nitrogens is 3. The van der Waals surface area contributed by atoms with Crippen molar-refractivity contribution in [1.29, 1.82) is 0 Å². The Balaban J connectivity index is 1.03. The highest BCUT2D eigenvalue weighted by Gasteiger charge is 2.24. The third-order valence-corrected chi connectivity index (χ3v) is 13.4. The molecule has 0 amide bonds. The van der Waals surface area contributed by atoms with E-state index in [0.717, 1.165) is 95.8 Å². The number of allylic oxidation sites excluding steroid dienone is 4. The third-order valence-electron chi connectivity index (χ3n) is 13.4. The van der Waals surface area contributed by atoms with Crippen LogP contribution in [-0.4, -0.2) is 14.5 Å². The number of hydrogen-bond acceptors (Lipinski definition) is 4.